The fraction of sp³-hybridized carbons (Fsp3) is 0.571. The van der Waals surface area contributed by atoms with Crippen molar-refractivity contribution in [1.82, 2.24) is 10.2 Å². The number of nitrogens with one attached hydrogen (secondary N) is 1. The first-order valence-corrected chi connectivity index (χ1v) is 6.33. The van der Waals surface area contributed by atoms with Gasteiger partial charge in [-0.25, -0.2) is 0 Å². The summed E-state index contributed by atoms with van der Waals surface area (Å²) in [5, 5.41) is 3.20. The van der Waals surface area contributed by atoms with Gasteiger partial charge in [0.2, 0.25) is 0 Å². The second-order valence-corrected chi connectivity index (χ2v) is 4.66. The second kappa shape index (κ2) is 6.02. The maximum atomic E-state index is 3.20. The van der Waals surface area contributed by atoms with E-state index in [9.17, 15) is 0 Å². The van der Waals surface area contributed by atoms with Gasteiger partial charge in [-0.15, -0.1) is 0 Å². The summed E-state index contributed by atoms with van der Waals surface area (Å²) in [5.41, 5.74) is 2.92. The smallest absolute Gasteiger partial charge is 0.0233 e. The number of hydrogen-bond donors (Lipinski definition) is 1. The highest BCUT2D eigenvalue weighted by atomic mass is 15.1. The molecule has 1 saturated heterocycles. The Kier molecular flexibility index (Phi) is 4.37. The molecule has 0 radical (unpaired) electrons. The number of likely N-dealkylation sites (N-methyl/N-ethyl adjacent to an activating group) is 1. The fourth-order valence-corrected chi connectivity index (χ4v) is 2.35. The Morgan fingerprint density at radius 2 is 1.94 bits per heavy atom. The normalized spacial score (nSPS) is 16.8. The van der Waals surface area contributed by atoms with Crippen LogP contribution in [0.1, 0.15) is 24.0 Å². The third kappa shape index (κ3) is 3.32. The van der Waals surface area contributed by atoms with Crippen molar-refractivity contribution in [3.05, 3.63) is 35.4 Å². The molecule has 1 aliphatic heterocycles. The van der Waals surface area contributed by atoms with Gasteiger partial charge in [0.15, 0.2) is 0 Å². The first-order chi connectivity index (χ1) is 7.88. The van der Waals surface area contributed by atoms with Gasteiger partial charge in [-0.2, -0.15) is 0 Å². The highest BCUT2D eigenvalue weighted by molar-refractivity contribution is 5.23. The average Bonchev–Trinajstić information content (AvgIpc) is 2.80. The third-order valence-corrected chi connectivity index (χ3v) is 3.26. The van der Waals surface area contributed by atoms with Crippen molar-refractivity contribution in [2.24, 2.45) is 0 Å². The van der Waals surface area contributed by atoms with E-state index >= 15 is 0 Å². The molecule has 0 aromatic heterocycles. The molecule has 0 spiro atoms. The van der Waals surface area contributed by atoms with Gasteiger partial charge >= 0.3 is 0 Å². The lowest BCUT2D eigenvalue weighted by atomic mass is 10.1. The molecule has 1 N–H and O–H groups in total. The van der Waals surface area contributed by atoms with Crippen molar-refractivity contribution in [1.29, 1.82) is 0 Å². The molecule has 0 saturated carbocycles. The molecule has 0 aliphatic carbocycles. The van der Waals surface area contributed by atoms with Crippen molar-refractivity contribution in [3.63, 3.8) is 0 Å². The quantitative estimate of drug-likeness (QED) is 0.813. The summed E-state index contributed by atoms with van der Waals surface area (Å²) in [5.74, 6) is 0. The van der Waals surface area contributed by atoms with Crippen LogP contribution in [0.4, 0.5) is 0 Å². The van der Waals surface area contributed by atoms with E-state index in [1.54, 1.807) is 0 Å². The number of rotatable bonds is 5. The van der Waals surface area contributed by atoms with E-state index in [0.717, 1.165) is 19.5 Å². The largest absolute Gasteiger partial charge is 0.319 e. The van der Waals surface area contributed by atoms with E-state index in [1.807, 2.05) is 7.05 Å². The highest BCUT2D eigenvalue weighted by Gasteiger charge is 2.11. The van der Waals surface area contributed by atoms with E-state index in [0.29, 0.717) is 0 Å². The van der Waals surface area contributed by atoms with E-state index in [4.69, 9.17) is 0 Å². The number of hydrogen-bond acceptors (Lipinski definition) is 2. The summed E-state index contributed by atoms with van der Waals surface area (Å²) in [7, 11) is 2.01. The third-order valence-electron chi connectivity index (χ3n) is 3.26. The molecular weight excluding hydrogens is 196 g/mol. The zero-order valence-electron chi connectivity index (χ0n) is 10.2. The number of likely N-dealkylation sites (tertiary alicyclic amines) is 1. The fourth-order valence-electron chi connectivity index (χ4n) is 2.35. The van der Waals surface area contributed by atoms with Gasteiger partial charge in [0.1, 0.15) is 0 Å². The van der Waals surface area contributed by atoms with Crippen LogP contribution in [0, 0.1) is 0 Å². The maximum absolute atomic E-state index is 3.20. The molecule has 1 aromatic carbocycles. The lowest BCUT2D eigenvalue weighted by Gasteiger charge is -2.15. The molecule has 1 heterocycles. The molecular formula is C14H22N2. The molecule has 0 unspecified atom stereocenters. The Bertz CT molecular complexity index is 316. The molecule has 1 fully saturated rings. The summed E-state index contributed by atoms with van der Waals surface area (Å²) in [6, 6.07) is 9.03. The first kappa shape index (κ1) is 11.6. The van der Waals surface area contributed by atoms with Crippen LogP contribution in [0.3, 0.4) is 0 Å². The highest BCUT2D eigenvalue weighted by Crippen LogP contribution is 2.13. The summed E-state index contributed by atoms with van der Waals surface area (Å²) < 4.78 is 0. The van der Waals surface area contributed by atoms with Gasteiger partial charge in [0.05, 0.1) is 0 Å². The second-order valence-electron chi connectivity index (χ2n) is 4.66. The van der Waals surface area contributed by atoms with Gasteiger partial charge in [0.25, 0.3) is 0 Å². The van der Waals surface area contributed by atoms with Crippen LogP contribution in [-0.4, -0.2) is 31.6 Å². The monoisotopic (exact) mass is 218 g/mol. The summed E-state index contributed by atoms with van der Waals surface area (Å²) in [6.45, 7) is 4.75. The Labute approximate surface area is 98.7 Å². The van der Waals surface area contributed by atoms with Crippen LogP contribution in [0.5, 0.6) is 0 Å². The Morgan fingerprint density at radius 1 is 1.19 bits per heavy atom. The van der Waals surface area contributed by atoms with E-state index in [1.165, 1.54) is 37.1 Å². The van der Waals surface area contributed by atoms with Gasteiger partial charge in [-0.3, -0.25) is 4.90 Å². The lowest BCUT2D eigenvalue weighted by Crippen LogP contribution is -2.18. The van der Waals surface area contributed by atoms with Crippen LogP contribution < -0.4 is 5.32 Å². The minimum Gasteiger partial charge on any atom is -0.319 e. The summed E-state index contributed by atoms with van der Waals surface area (Å²) in [6.07, 6.45) is 3.88. The predicted molar refractivity (Wildman–Crippen MR) is 68.6 cm³/mol. The van der Waals surface area contributed by atoms with Crippen molar-refractivity contribution in [2.75, 3.05) is 26.7 Å². The van der Waals surface area contributed by atoms with Crippen molar-refractivity contribution < 1.29 is 0 Å². The minimum atomic E-state index is 1.06. The van der Waals surface area contributed by atoms with Crippen LogP contribution in [0.15, 0.2) is 24.3 Å². The molecule has 2 heteroatoms. The standard InChI is InChI=1S/C14H22N2/c1-15-8-7-13-5-4-6-14(11-13)12-16-9-2-3-10-16/h4-6,11,15H,2-3,7-10,12H2,1H3. The zero-order chi connectivity index (χ0) is 11.2. The Hall–Kier alpha value is -0.860. The molecule has 1 aliphatic rings. The molecule has 0 bridgehead atoms. The van der Waals surface area contributed by atoms with E-state index in [-0.39, 0.29) is 0 Å². The molecule has 2 nitrogen and oxygen atoms in total. The maximum Gasteiger partial charge on any atom is 0.0233 e. The Morgan fingerprint density at radius 3 is 2.69 bits per heavy atom. The van der Waals surface area contributed by atoms with Crippen molar-refractivity contribution >= 4 is 0 Å². The lowest BCUT2D eigenvalue weighted by molar-refractivity contribution is 0.331. The predicted octanol–water partition coefficient (Wildman–Crippen LogP) is 2.04. The zero-order valence-corrected chi connectivity index (χ0v) is 10.2. The molecule has 88 valence electrons. The minimum absolute atomic E-state index is 1.06. The summed E-state index contributed by atoms with van der Waals surface area (Å²) in [4.78, 5) is 2.55. The molecule has 2 rings (SSSR count). The average molecular weight is 218 g/mol. The van der Waals surface area contributed by atoms with Crippen LogP contribution >= 0.6 is 0 Å². The van der Waals surface area contributed by atoms with Gasteiger partial charge in [-0.1, -0.05) is 24.3 Å². The van der Waals surface area contributed by atoms with Crippen molar-refractivity contribution in [3.8, 4) is 0 Å². The van der Waals surface area contributed by atoms with Crippen LogP contribution in [0.25, 0.3) is 0 Å². The number of benzene rings is 1. The number of nitrogens with zero attached hydrogens (tertiary/aromatic N) is 1. The van der Waals surface area contributed by atoms with Crippen molar-refractivity contribution in [2.45, 2.75) is 25.8 Å². The molecule has 16 heavy (non-hydrogen) atoms. The van der Waals surface area contributed by atoms with Gasteiger partial charge in [-0.05, 0) is 57.1 Å². The van der Waals surface area contributed by atoms with E-state index in [2.05, 4.69) is 34.5 Å². The molecule has 0 atom stereocenters. The van der Waals surface area contributed by atoms with Crippen LogP contribution in [0.2, 0.25) is 0 Å². The molecule has 1 aromatic rings. The molecule has 0 amide bonds. The first-order valence-electron chi connectivity index (χ1n) is 6.33. The van der Waals surface area contributed by atoms with Gasteiger partial charge in [0, 0.05) is 6.54 Å². The van der Waals surface area contributed by atoms with E-state index < -0.39 is 0 Å². The summed E-state index contributed by atoms with van der Waals surface area (Å²) >= 11 is 0. The van der Waals surface area contributed by atoms with Gasteiger partial charge < -0.3 is 5.32 Å². The topological polar surface area (TPSA) is 15.3 Å². The van der Waals surface area contributed by atoms with Crippen LogP contribution in [-0.2, 0) is 13.0 Å². The Balaban J connectivity index is 1.92. The SMILES string of the molecule is CNCCc1cccc(CN2CCCC2)c1.